The van der Waals surface area contributed by atoms with Gasteiger partial charge in [-0.3, -0.25) is 9.59 Å². The zero-order valence-electron chi connectivity index (χ0n) is 11.6. The van der Waals surface area contributed by atoms with Gasteiger partial charge in [-0.05, 0) is 36.5 Å². The molecule has 114 valence electrons. The molecule has 1 aromatic carbocycles. The Bertz CT molecular complexity index is 515. The molecule has 1 heterocycles. The van der Waals surface area contributed by atoms with Gasteiger partial charge in [0.05, 0.1) is 11.5 Å². The molecule has 4 nitrogen and oxygen atoms in total. The number of hydrogen-bond donors (Lipinski definition) is 1. The van der Waals surface area contributed by atoms with Crippen LogP contribution in [-0.4, -0.2) is 46.5 Å². The van der Waals surface area contributed by atoms with Crippen LogP contribution in [0.3, 0.4) is 0 Å². The maximum Gasteiger partial charge on any atom is 0.313 e. The average molecular weight is 372 g/mol. The maximum absolute atomic E-state index is 12.0. The molecule has 2 rings (SSSR count). The number of rotatable bonds is 5. The lowest BCUT2D eigenvalue weighted by Crippen LogP contribution is -2.39. The number of piperidine rings is 1. The molecule has 1 N–H and O–H groups in total. The Morgan fingerprint density at radius 3 is 2.62 bits per heavy atom. The van der Waals surface area contributed by atoms with Crippen molar-refractivity contribution in [1.29, 1.82) is 0 Å². The molecule has 1 fully saturated rings. The summed E-state index contributed by atoms with van der Waals surface area (Å²) < 4.78 is 1.09. The van der Waals surface area contributed by atoms with Gasteiger partial charge in [0.25, 0.3) is 0 Å². The van der Waals surface area contributed by atoms with Crippen LogP contribution in [0.1, 0.15) is 24.3 Å². The number of likely N-dealkylation sites (tertiary alicyclic amines) is 1. The number of nitrogens with zero attached hydrogens (tertiary/aromatic N) is 1. The van der Waals surface area contributed by atoms with E-state index in [-0.39, 0.29) is 17.4 Å². The molecule has 0 unspecified atom stereocenters. The highest BCUT2D eigenvalue weighted by molar-refractivity contribution is 9.10. The molecule has 1 saturated heterocycles. The van der Waals surface area contributed by atoms with E-state index < -0.39 is 5.97 Å². The van der Waals surface area contributed by atoms with E-state index in [0.29, 0.717) is 5.92 Å². The number of carboxylic acids is 1. The van der Waals surface area contributed by atoms with E-state index in [2.05, 4.69) is 28.1 Å². The van der Waals surface area contributed by atoms with E-state index in [9.17, 15) is 9.59 Å². The molecule has 21 heavy (non-hydrogen) atoms. The monoisotopic (exact) mass is 371 g/mol. The quantitative estimate of drug-likeness (QED) is 0.864. The van der Waals surface area contributed by atoms with E-state index >= 15 is 0 Å². The number of carbonyl (C=O) groups excluding carboxylic acids is 1. The number of amides is 1. The molecule has 0 radical (unpaired) electrons. The number of carboxylic acid groups (broad SMARTS) is 1. The molecule has 6 heteroatoms. The molecular formula is C15H18BrNO3S. The molecule has 1 aliphatic rings. The van der Waals surface area contributed by atoms with Crippen LogP contribution in [0.4, 0.5) is 0 Å². The van der Waals surface area contributed by atoms with Crippen molar-refractivity contribution < 1.29 is 14.7 Å². The zero-order chi connectivity index (χ0) is 15.2. The summed E-state index contributed by atoms with van der Waals surface area (Å²) in [6, 6.07) is 8.34. The molecule has 1 amide bonds. The lowest BCUT2D eigenvalue weighted by Gasteiger charge is -2.32. The first-order valence-electron chi connectivity index (χ1n) is 6.89. The average Bonchev–Trinajstić information content (AvgIpc) is 2.47. The topological polar surface area (TPSA) is 57.6 Å². The summed E-state index contributed by atoms with van der Waals surface area (Å²) in [4.78, 5) is 24.3. The summed E-state index contributed by atoms with van der Waals surface area (Å²) in [6.45, 7) is 1.51. The number of benzene rings is 1. The predicted molar refractivity (Wildman–Crippen MR) is 87.7 cm³/mol. The molecule has 0 atom stereocenters. The number of hydrogen-bond acceptors (Lipinski definition) is 3. The largest absolute Gasteiger partial charge is 0.481 e. The summed E-state index contributed by atoms with van der Waals surface area (Å²) in [5.41, 5.74) is 1.32. The van der Waals surface area contributed by atoms with Gasteiger partial charge in [-0.1, -0.05) is 28.1 Å². The minimum absolute atomic E-state index is 0.0136. The molecule has 1 aliphatic heterocycles. The van der Waals surface area contributed by atoms with Crippen LogP contribution in [0.15, 0.2) is 28.7 Å². The number of aliphatic carboxylic acids is 1. The lowest BCUT2D eigenvalue weighted by molar-refractivity contribution is -0.133. The summed E-state index contributed by atoms with van der Waals surface area (Å²) in [6.07, 6.45) is 1.93. The Morgan fingerprint density at radius 1 is 1.29 bits per heavy atom. The molecule has 0 aliphatic carbocycles. The van der Waals surface area contributed by atoms with Crippen LogP contribution in [0.2, 0.25) is 0 Å². The minimum atomic E-state index is -0.874. The lowest BCUT2D eigenvalue weighted by atomic mass is 9.89. The maximum atomic E-state index is 12.0. The van der Waals surface area contributed by atoms with Gasteiger partial charge in [-0.15, -0.1) is 11.8 Å². The van der Waals surface area contributed by atoms with E-state index in [1.807, 2.05) is 17.0 Å². The molecular weight excluding hydrogens is 354 g/mol. The van der Waals surface area contributed by atoms with Crippen molar-refractivity contribution in [3.63, 3.8) is 0 Å². The summed E-state index contributed by atoms with van der Waals surface area (Å²) in [7, 11) is 0. The van der Waals surface area contributed by atoms with Gasteiger partial charge in [0.15, 0.2) is 0 Å². The third kappa shape index (κ3) is 5.04. The van der Waals surface area contributed by atoms with E-state index in [4.69, 9.17) is 5.11 Å². The van der Waals surface area contributed by atoms with Crippen LogP contribution in [0.25, 0.3) is 0 Å². The smallest absolute Gasteiger partial charge is 0.313 e. The standard InChI is InChI=1S/C15H18BrNO3S/c16-13-3-1-2-12(8-13)11-4-6-17(7-5-11)14(18)9-21-10-15(19)20/h1-3,8,11H,4-7,9-10H2,(H,19,20). The molecule has 1 aromatic rings. The molecule has 0 aromatic heterocycles. The van der Waals surface area contributed by atoms with Gasteiger partial charge < -0.3 is 10.0 Å². The van der Waals surface area contributed by atoms with Crippen molar-refractivity contribution in [2.75, 3.05) is 24.6 Å². The second kappa shape index (κ2) is 7.84. The highest BCUT2D eigenvalue weighted by Gasteiger charge is 2.23. The Labute approximate surface area is 137 Å². The fourth-order valence-corrected chi connectivity index (χ4v) is 3.59. The van der Waals surface area contributed by atoms with Crippen LogP contribution in [-0.2, 0) is 9.59 Å². The summed E-state index contributed by atoms with van der Waals surface area (Å²) in [5, 5.41) is 8.57. The molecule has 0 saturated carbocycles. The summed E-state index contributed by atoms with van der Waals surface area (Å²) in [5.74, 6) is -0.0815. The third-order valence-electron chi connectivity index (χ3n) is 3.62. The molecule has 0 spiro atoms. The van der Waals surface area contributed by atoms with Gasteiger partial charge >= 0.3 is 5.97 Å². The van der Waals surface area contributed by atoms with Crippen molar-refractivity contribution >= 4 is 39.6 Å². The highest BCUT2D eigenvalue weighted by Crippen LogP contribution is 2.29. The van der Waals surface area contributed by atoms with Crippen molar-refractivity contribution in [3.05, 3.63) is 34.3 Å². The van der Waals surface area contributed by atoms with Gasteiger partial charge in [0.2, 0.25) is 5.91 Å². The zero-order valence-corrected chi connectivity index (χ0v) is 14.0. The van der Waals surface area contributed by atoms with Crippen LogP contribution < -0.4 is 0 Å². The first-order valence-corrected chi connectivity index (χ1v) is 8.84. The van der Waals surface area contributed by atoms with E-state index in [1.165, 1.54) is 17.3 Å². The fraction of sp³-hybridized carbons (Fsp3) is 0.467. The Kier molecular flexibility index (Phi) is 6.11. The van der Waals surface area contributed by atoms with Gasteiger partial charge in [0.1, 0.15) is 0 Å². The highest BCUT2D eigenvalue weighted by atomic mass is 79.9. The number of halogens is 1. The van der Waals surface area contributed by atoms with Gasteiger partial charge in [0, 0.05) is 17.6 Å². The number of thioether (sulfide) groups is 1. The van der Waals surface area contributed by atoms with Crippen LogP contribution in [0.5, 0.6) is 0 Å². The van der Waals surface area contributed by atoms with E-state index in [1.54, 1.807) is 0 Å². The van der Waals surface area contributed by atoms with Crippen molar-refractivity contribution in [2.24, 2.45) is 0 Å². The SMILES string of the molecule is O=C(O)CSCC(=O)N1CCC(c2cccc(Br)c2)CC1. The number of carbonyl (C=O) groups is 2. The van der Waals surface area contributed by atoms with Gasteiger partial charge in [-0.2, -0.15) is 0 Å². The first-order chi connectivity index (χ1) is 10.1. The fourth-order valence-electron chi connectivity index (χ4n) is 2.54. The Hall–Kier alpha value is -1.01. The van der Waals surface area contributed by atoms with Crippen molar-refractivity contribution in [3.8, 4) is 0 Å². The minimum Gasteiger partial charge on any atom is -0.481 e. The van der Waals surface area contributed by atoms with Crippen LogP contribution in [0, 0.1) is 0 Å². The summed E-state index contributed by atoms with van der Waals surface area (Å²) >= 11 is 4.65. The normalized spacial score (nSPS) is 16.0. The second-order valence-electron chi connectivity index (χ2n) is 5.10. The van der Waals surface area contributed by atoms with E-state index in [0.717, 1.165) is 30.4 Å². The van der Waals surface area contributed by atoms with Crippen LogP contribution >= 0.6 is 27.7 Å². The Morgan fingerprint density at radius 2 is 2.00 bits per heavy atom. The van der Waals surface area contributed by atoms with Crippen molar-refractivity contribution in [1.82, 2.24) is 4.90 Å². The predicted octanol–water partition coefficient (Wildman–Crippen LogP) is 2.97. The Balaban J connectivity index is 1.80. The van der Waals surface area contributed by atoms with Gasteiger partial charge in [-0.25, -0.2) is 0 Å². The first kappa shape index (κ1) is 16.4. The van der Waals surface area contributed by atoms with Crippen molar-refractivity contribution in [2.45, 2.75) is 18.8 Å². The third-order valence-corrected chi connectivity index (χ3v) is 5.01. The molecule has 0 bridgehead atoms. The second-order valence-corrected chi connectivity index (χ2v) is 7.00.